The SMILES string of the molecule is CC(C)(C)c1cc(Br)c(C=O)c(-c2cccnc2OCc2ccccc2)c1. The Morgan fingerprint density at radius 1 is 1.04 bits per heavy atom. The van der Waals surface area contributed by atoms with Gasteiger partial charge in [0, 0.05) is 21.8 Å². The van der Waals surface area contributed by atoms with Crippen LogP contribution in [0.25, 0.3) is 11.1 Å². The monoisotopic (exact) mass is 423 g/mol. The number of aldehydes is 1. The Balaban J connectivity index is 2.06. The van der Waals surface area contributed by atoms with Crippen LogP contribution in [0.1, 0.15) is 42.3 Å². The maximum atomic E-state index is 11.8. The van der Waals surface area contributed by atoms with Crippen molar-refractivity contribution in [1.82, 2.24) is 4.98 Å². The third-order valence-electron chi connectivity index (χ3n) is 4.39. The van der Waals surface area contributed by atoms with Crippen molar-refractivity contribution in [3.63, 3.8) is 0 Å². The number of carbonyl (C=O) groups excluding carboxylic acids is 1. The van der Waals surface area contributed by atoms with E-state index in [4.69, 9.17) is 4.74 Å². The summed E-state index contributed by atoms with van der Waals surface area (Å²) in [6, 6.07) is 17.8. The van der Waals surface area contributed by atoms with Crippen LogP contribution in [0.5, 0.6) is 5.88 Å². The molecule has 0 N–H and O–H groups in total. The molecule has 0 saturated carbocycles. The number of ether oxygens (including phenoxy) is 1. The van der Waals surface area contributed by atoms with E-state index in [1.807, 2.05) is 48.5 Å². The molecule has 3 aromatic rings. The quantitative estimate of drug-likeness (QED) is 0.458. The second-order valence-corrected chi connectivity index (χ2v) is 8.27. The molecule has 27 heavy (non-hydrogen) atoms. The van der Waals surface area contributed by atoms with E-state index in [1.54, 1.807) is 6.20 Å². The van der Waals surface area contributed by atoms with E-state index in [0.717, 1.165) is 33.0 Å². The predicted octanol–water partition coefficient (Wildman–Crippen LogP) is 6.20. The van der Waals surface area contributed by atoms with Crippen LogP contribution in [0.2, 0.25) is 0 Å². The molecular weight excluding hydrogens is 402 g/mol. The van der Waals surface area contributed by atoms with Crippen molar-refractivity contribution in [3.05, 3.63) is 82.0 Å². The molecule has 0 saturated heterocycles. The van der Waals surface area contributed by atoms with E-state index in [0.29, 0.717) is 18.1 Å². The van der Waals surface area contributed by atoms with Crippen LogP contribution in [-0.4, -0.2) is 11.3 Å². The van der Waals surface area contributed by atoms with Crippen LogP contribution in [0.3, 0.4) is 0 Å². The van der Waals surface area contributed by atoms with Crippen molar-refractivity contribution in [2.24, 2.45) is 0 Å². The number of halogens is 1. The molecule has 0 aliphatic carbocycles. The van der Waals surface area contributed by atoms with Crippen molar-refractivity contribution >= 4 is 22.2 Å². The average Bonchev–Trinajstić information content (AvgIpc) is 2.66. The molecule has 3 nitrogen and oxygen atoms in total. The Morgan fingerprint density at radius 2 is 1.78 bits per heavy atom. The van der Waals surface area contributed by atoms with Gasteiger partial charge in [0.2, 0.25) is 5.88 Å². The number of aromatic nitrogens is 1. The van der Waals surface area contributed by atoms with Gasteiger partial charge in [-0.1, -0.05) is 67.0 Å². The standard InChI is InChI=1S/C23H22BrNO2/c1-23(2,3)17-12-19(20(14-26)21(24)13-17)18-10-7-11-25-22(18)27-15-16-8-5-4-6-9-16/h4-14H,15H2,1-3H3. The van der Waals surface area contributed by atoms with E-state index >= 15 is 0 Å². The molecule has 0 aliphatic rings. The number of benzene rings is 2. The zero-order valence-corrected chi connectivity index (χ0v) is 17.3. The first kappa shape index (κ1) is 19.3. The van der Waals surface area contributed by atoms with E-state index in [1.165, 1.54) is 0 Å². The first-order valence-corrected chi connectivity index (χ1v) is 9.61. The molecule has 0 radical (unpaired) electrons. The lowest BCUT2D eigenvalue weighted by Crippen LogP contribution is -2.12. The summed E-state index contributed by atoms with van der Waals surface area (Å²) < 4.78 is 6.78. The lowest BCUT2D eigenvalue weighted by atomic mass is 9.84. The number of hydrogen-bond donors (Lipinski definition) is 0. The number of rotatable bonds is 5. The van der Waals surface area contributed by atoms with Gasteiger partial charge in [0.05, 0.1) is 0 Å². The molecule has 0 amide bonds. The fourth-order valence-corrected chi connectivity index (χ4v) is 3.38. The van der Waals surface area contributed by atoms with Gasteiger partial charge in [-0.15, -0.1) is 0 Å². The lowest BCUT2D eigenvalue weighted by molar-refractivity contribution is 0.112. The van der Waals surface area contributed by atoms with Gasteiger partial charge in [-0.2, -0.15) is 0 Å². The summed E-state index contributed by atoms with van der Waals surface area (Å²) >= 11 is 3.56. The van der Waals surface area contributed by atoms with Crippen LogP contribution in [-0.2, 0) is 12.0 Å². The van der Waals surface area contributed by atoms with Crippen LogP contribution < -0.4 is 4.74 Å². The van der Waals surface area contributed by atoms with Gasteiger partial charge >= 0.3 is 0 Å². The molecule has 0 fully saturated rings. The summed E-state index contributed by atoms with van der Waals surface area (Å²) in [5, 5.41) is 0. The number of pyridine rings is 1. The highest BCUT2D eigenvalue weighted by atomic mass is 79.9. The highest BCUT2D eigenvalue weighted by Crippen LogP contribution is 2.37. The normalized spacial score (nSPS) is 11.3. The minimum atomic E-state index is -0.0497. The molecule has 3 rings (SSSR count). The Morgan fingerprint density at radius 3 is 2.44 bits per heavy atom. The summed E-state index contributed by atoms with van der Waals surface area (Å²) in [6.45, 7) is 6.86. The van der Waals surface area contributed by atoms with Crippen molar-refractivity contribution in [3.8, 4) is 17.0 Å². The number of carbonyl (C=O) groups is 1. The highest BCUT2D eigenvalue weighted by Gasteiger charge is 2.20. The largest absolute Gasteiger partial charge is 0.472 e. The smallest absolute Gasteiger partial charge is 0.221 e. The average molecular weight is 424 g/mol. The third-order valence-corrected chi connectivity index (χ3v) is 5.05. The summed E-state index contributed by atoms with van der Waals surface area (Å²) in [7, 11) is 0. The molecule has 1 heterocycles. The van der Waals surface area contributed by atoms with Crippen LogP contribution in [0, 0.1) is 0 Å². The summed E-state index contributed by atoms with van der Waals surface area (Å²) in [6.07, 6.45) is 2.58. The Bertz CT molecular complexity index is 946. The molecule has 4 heteroatoms. The minimum Gasteiger partial charge on any atom is -0.472 e. The van der Waals surface area contributed by atoms with Gasteiger partial charge in [-0.05, 0) is 46.4 Å². The van der Waals surface area contributed by atoms with Crippen molar-refractivity contribution in [2.75, 3.05) is 0 Å². The van der Waals surface area contributed by atoms with Gasteiger partial charge in [-0.3, -0.25) is 4.79 Å². The highest BCUT2D eigenvalue weighted by molar-refractivity contribution is 9.10. The van der Waals surface area contributed by atoms with Crippen molar-refractivity contribution in [2.45, 2.75) is 32.8 Å². The van der Waals surface area contributed by atoms with E-state index in [-0.39, 0.29) is 5.41 Å². The molecule has 0 unspecified atom stereocenters. The summed E-state index contributed by atoms with van der Waals surface area (Å²) in [4.78, 5) is 16.2. The lowest BCUT2D eigenvalue weighted by Gasteiger charge is -2.22. The van der Waals surface area contributed by atoms with E-state index in [2.05, 4.69) is 47.8 Å². The van der Waals surface area contributed by atoms with Crippen molar-refractivity contribution < 1.29 is 9.53 Å². The minimum absolute atomic E-state index is 0.0497. The summed E-state index contributed by atoms with van der Waals surface area (Å²) in [5.74, 6) is 0.516. The Hall–Kier alpha value is -2.46. The Labute approximate surface area is 168 Å². The maximum absolute atomic E-state index is 11.8. The van der Waals surface area contributed by atoms with E-state index in [9.17, 15) is 4.79 Å². The number of hydrogen-bond acceptors (Lipinski definition) is 3. The zero-order valence-electron chi connectivity index (χ0n) is 15.7. The first-order valence-electron chi connectivity index (χ1n) is 8.81. The molecule has 0 aliphatic heterocycles. The fraction of sp³-hybridized carbons (Fsp3) is 0.217. The first-order chi connectivity index (χ1) is 12.9. The molecule has 0 bridgehead atoms. The third kappa shape index (κ3) is 4.45. The topological polar surface area (TPSA) is 39.2 Å². The van der Waals surface area contributed by atoms with Crippen LogP contribution in [0.4, 0.5) is 0 Å². The predicted molar refractivity (Wildman–Crippen MR) is 112 cm³/mol. The van der Waals surface area contributed by atoms with Gasteiger partial charge in [0.25, 0.3) is 0 Å². The second-order valence-electron chi connectivity index (χ2n) is 7.42. The molecule has 2 aromatic carbocycles. The number of nitrogens with zero attached hydrogens (tertiary/aromatic N) is 1. The van der Waals surface area contributed by atoms with Gasteiger partial charge < -0.3 is 4.74 Å². The van der Waals surface area contributed by atoms with Crippen LogP contribution in [0.15, 0.2) is 65.3 Å². The van der Waals surface area contributed by atoms with Gasteiger partial charge in [0.1, 0.15) is 6.61 Å². The molecule has 0 atom stereocenters. The summed E-state index contributed by atoms with van der Waals surface area (Å²) in [5.41, 5.74) is 4.37. The van der Waals surface area contributed by atoms with Gasteiger partial charge in [-0.25, -0.2) is 4.98 Å². The molecular formula is C23H22BrNO2. The maximum Gasteiger partial charge on any atom is 0.221 e. The zero-order chi connectivity index (χ0) is 19.4. The molecule has 0 spiro atoms. The molecule has 1 aromatic heterocycles. The van der Waals surface area contributed by atoms with Crippen molar-refractivity contribution in [1.29, 1.82) is 0 Å². The fourth-order valence-electron chi connectivity index (χ4n) is 2.83. The van der Waals surface area contributed by atoms with Crippen LogP contribution >= 0.6 is 15.9 Å². The second kappa shape index (κ2) is 8.05. The molecule has 138 valence electrons. The van der Waals surface area contributed by atoms with Gasteiger partial charge in [0.15, 0.2) is 6.29 Å². The Kier molecular flexibility index (Phi) is 5.76. The van der Waals surface area contributed by atoms with E-state index < -0.39 is 0 Å².